The summed E-state index contributed by atoms with van der Waals surface area (Å²) in [5.74, 6) is 0.727. The fourth-order valence-electron chi connectivity index (χ4n) is 2.48. The third kappa shape index (κ3) is 5.06. The zero-order valence-electron chi connectivity index (χ0n) is 14.1. The average Bonchev–Trinajstić information content (AvgIpc) is 2.66. The number of aliphatic imine (C=N–C) groups is 1. The molecule has 26 heavy (non-hydrogen) atoms. The van der Waals surface area contributed by atoms with E-state index in [2.05, 4.69) is 20.9 Å². The van der Waals surface area contributed by atoms with Crippen molar-refractivity contribution in [3.8, 4) is 11.5 Å². The van der Waals surface area contributed by atoms with Crippen LogP contribution >= 0.6 is 15.9 Å². The molecule has 2 aromatic carbocycles. The van der Waals surface area contributed by atoms with Crippen molar-refractivity contribution < 1.29 is 19.4 Å². The molecule has 1 amide bonds. The third-order valence-corrected chi connectivity index (χ3v) is 4.48. The average molecular weight is 419 g/mol. The lowest BCUT2D eigenvalue weighted by molar-refractivity contribution is -0.137. The van der Waals surface area contributed by atoms with Gasteiger partial charge < -0.3 is 19.5 Å². The van der Waals surface area contributed by atoms with Crippen molar-refractivity contribution in [1.82, 2.24) is 4.90 Å². The van der Waals surface area contributed by atoms with E-state index in [0.717, 1.165) is 10.0 Å². The first-order chi connectivity index (χ1) is 12.6. The molecule has 0 radical (unpaired) electrons. The Morgan fingerprint density at radius 2 is 2.08 bits per heavy atom. The summed E-state index contributed by atoms with van der Waals surface area (Å²) in [6, 6.07) is 12.2. The summed E-state index contributed by atoms with van der Waals surface area (Å²) in [5, 5.41) is 9.45. The Bertz CT molecular complexity index is 804. The number of benzene rings is 2. The Morgan fingerprint density at radius 1 is 1.27 bits per heavy atom. The lowest BCUT2D eigenvalue weighted by Crippen LogP contribution is -2.43. The summed E-state index contributed by atoms with van der Waals surface area (Å²) in [6.07, 6.45) is 1.70. The molecule has 0 aliphatic carbocycles. The fourth-order valence-corrected chi connectivity index (χ4v) is 2.99. The molecule has 3 rings (SSSR count). The first-order valence-corrected chi connectivity index (χ1v) is 9.02. The molecule has 0 saturated carbocycles. The van der Waals surface area contributed by atoms with E-state index in [1.54, 1.807) is 41.4 Å². The molecule has 1 N–H and O–H groups in total. The van der Waals surface area contributed by atoms with Crippen molar-refractivity contribution >= 4 is 33.7 Å². The molecular weight excluding hydrogens is 400 g/mol. The van der Waals surface area contributed by atoms with Crippen LogP contribution in [0.1, 0.15) is 5.56 Å². The largest absolute Gasteiger partial charge is 0.508 e. The molecule has 0 aromatic heterocycles. The Morgan fingerprint density at radius 3 is 2.81 bits per heavy atom. The van der Waals surface area contributed by atoms with Gasteiger partial charge in [0.25, 0.3) is 5.91 Å². The maximum atomic E-state index is 12.1. The van der Waals surface area contributed by atoms with E-state index in [9.17, 15) is 9.90 Å². The second kappa shape index (κ2) is 8.82. The van der Waals surface area contributed by atoms with Crippen LogP contribution in [-0.2, 0) is 9.53 Å². The lowest BCUT2D eigenvalue weighted by atomic mass is 10.2. The van der Waals surface area contributed by atoms with Gasteiger partial charge in [0.2, 0.25) is 0 Å². The van der Waals surface area contributed by atoms with Gasteiger partial charge in [-0.1, -0.05) is 6.07 Å². The molecule has 6 nitrogen and oxygen atoms in total. The maximum Gasteiger partial charge on any atom is 0.260 e. The van der Waals surface area contributed by atoms with Crippen LogP contribution in [0.2, 0.25) is 0 Å². The Kier molecular flexibility index (Phi) is 6.25. The number of nitrogens with zero attached hydrogens (tertiary/aromatic N) is 2. The third-order valence-electron chi connectivity index (χ3n) is 3.86. The highest BCUT2D eigenvalue weighted by atomic mass is 79.9. The summed E-state index contributed by atoms with van der Waals surface area (Å²) in [6.45, 7) is 2.35. The van der Waals surface area contributed by atoms with E-state index in [1.807, 2.05) is 12.1 Å². The minimum Gasteiger partial charge on any atom is -0.508 e. The molecule has 1 aliphatic heterocycles. The number of aromatic hydroxyl groups is 1. The number of halogens is 1. The molecule has 1 saturated heterocycles. The van der Waals surface area contributed by atoms with Gasteiger partial charge in [-0.05, 0) is 51.8 Å². The van der Waals surface area contributed by atoms with E-state index in [4.69, 9.17) is 9.47 Å². The molecule has 0 unspecified atom stereocenters. The second-order valence-electron chi connectivity index (χ2n) is 5.75. The number of morpholine rings is 1. The number of phenols is 1. The first kappa shape index (κ1) is 18.4. The number of carbonyl (C=O) groups excluding carboxylic acids is 1. The standard InChI is InChI=1S/C19H19BrN2O4/c20-17-10-14(12-21-15-2-1-3-16(23)11-15)4-5-18(17)26-13-19(24)22-6-8-25-9-7-22/h1-5,10-12,23H,6-9,13H2. The summed E-state index contributed by atoms with van der Waals surface area (Å²) in [7, 11) is 0. The highest BCUT2D eigenvalue weighted by Crippen LogP contribution is 2.26. The summed E-state index contributed by atoms with van der Waals surface area (Å²) in [5.41, 5.74) is 1.53. The van der Waals surface area contributed by atoms with Crippen molar-refractivity contribution in [2.45, 2.75) is 0 Å². The summed E-state index contributed by atoms with van der Waals surface area (Å²) in [4.78, 5) is 18.2. The van der Waals surface area contributed by atoms with E-state index in [1.165, 1.54) is 0 Å². The smallest absolute Gasteiger partial charge is 0.260 e. The molecule has 2 aromatic rings. The number of hydrogen-bond donors (Lipinski definition) is 1. The zero-order valence-corrected chi connectivity index (χ0v) is 15.7. The second-order valence-corrected chi connectivity index (χ2v) is 6.60. The molecule has 7 heteroatoms. The van der Waals surface area contributed by atoms with Crippen LogP contribution in [0, 0.1) is 0 Å². The highest BCUT2D eigenvalue weighted by molar-refractivity contribution is 9.10. The predicted octanol–water partition coefficient (Wildman–Crippen LogP) is 3.14. The van der Waals surface area contributed by atoms with Crippen LogP contribution in [0.25, 0.3) is 0 Å². The zero-order chi connectivity index (χ0) is 18.4. The van der Waals surface area contributed by atoms with Gasteiger partial charge in [0.1, 0.15) is 11.5 Å². The van der Waals surface area contributed by atoms with Gasteiger partial charge in [-0.25, -0.2) is 0 Å². The Labute approximate surface area is 160 Å². The van der Waals surface area contributed by atoms with Crippen molar-refractivity contribution in [2.75, 3.05) is 32.9 Å². The van der Waals surface area contributed by atoms with E-state index < -0.39 is 0 Å². The van der Waals surface area contributed by atoms with Crippen LogP contribution < -0.4 is 4.74 Å². The van der Waals surface area contributed by atoms with Gasteiger partial charge in [0.15, 0.2) is 6.61 Å². The molecule has 1 heterocycles. The molecule has 1 aliphatic rings. The van der Waals surface area contributed by atoms with Crippen LogP contribution in [0.3, 0.4) is 0 Å². The van der Waals surface area contributed by atoms with Crippen molar-refractivity contribution in [1.29, 1.82) is 0 Å². The SMILES string of the molecule is O=C(COc1ccc(C=Nc2cccc(O)c2)cc1Br)N1CCOCC1. The van der Waals surface area contributed by atoms with Gasteiger partial charge in [-0.15, -0.1) is 0 Å². The van der Waals surface area contributed by atoms with Gasteiger partial charge in [0.05, 0.1) is 23.4 Å². The molecule has 0 bridgehead atoms. The van der Waals surface area contributed by atoms with E-state index in [-0.39, 0.29) is 18.3 Å². The maximum absolute atomic E-state index is 12.1. The Hall–Kier alpha value is -2.38. The van der Waals surface area contributed by atoms with Gasteiger partial charge in [-0.3, -0.25) is 9.79 Å². The van der Waals surface area contributed by atoms with Crippen molar-refractivity contribution in [3.05, 3.63) is 52.5 Å². The normalized spacial score (nSPS) is 14.6. The number of amides is 1. The molecular formula is C19H19BrN2O4. The molecule has 136 valence electrons. The van der Waals surface area contributed by atoms with Gasteiger partial charge in [0, 0.05) is 25.4 Å². The van der Waals surface area contributed by atoms with E-state index in [0.29, 0.717) is 37.7 Å². The monoisotopic (exact) mass is 418 g/mol. The summed E-state index contributed by atoms with van der Waals surface area (Å²) >= 11 is 3.46. The fraction of sp³-hybridized carbons (Fsp3) is 0.263. The van der Waals surface area contributed by atoms with Crippen LogP contribution in [0.5, 0.6) is 11.5 Å². The summed E-state index contributed by atoms with van der Waals surface area (Å²) < 4.78 is 11.6. The van der Waals surface area contributed by atoms with Crippen molar-refractivity contribution in [3.63, 3.8) is 0 Å². The minimum absolute atomic E-state index is 0.00463. The number of phenolic OH excluding ortho intramolecular Hbond substituents is 1. The number of carbonyl (C=O) groups is 1. The van der Waals surface area contributed by atoms with Crippen LogP contribution in [0.15, 0.2) is 51.9 Å². The topological polar surface area (TPSA) is 71.4 Å². The molecule has 0 spiro atoms. The van der Waals surface area contributed by atoms with Crippen LogP contribution in [0.4, 0.5) is 5.69 Å². The number of rotatable bonds is 5. The molecule has 1 fully saturated rings. The first-order valence-electron chi connectivity index (χ1n) is 8.23. The van der Waals surface area contributed by atoms with Gasteiger partial charge in [-0.2, -0.15) is 0 Å². The predicted molar refractivity (Wildman–Crippen MR) is 102 cm³/mol. The van der Waals surface area contributed by atoms with E-state index >= 15 is 0 Å². The number of ether oxygens (including phenoxy) is 2. The van der Waals surface area contributed by atoms with Crippen LogP contribution in [-0.4, -0.2) is 55.0 Å². The quantitative estimate of drug-likeness (QED) is 0.756. The van der Waals surface area contributed by atoms with Gasteiger partial charge >= 0.3 is 0 Å². The highest BCUT2D eigenvalue weighted by Gasteiger charge is 2.17. The Balaban J connectivity index is 1.59. The number of hydrogen-bond acceptors (Lipinski definition) is 5. The lowest BCUT2D eigenvalue weighted by Gasteiger charge is -2.26. The van der Waals surface area contributed by atoms with Crippen molar-refractivity contribution in [2.24, 2.45) is 4.99 Å². The molecule has 0 atom stereocenters. The minimum atomic E-state index is -0.0466.